The first-order valence-electron chi connectivity index (χ1n) is 11.1. The van der Waals surface area contributed by atoms with Gasteiger partial charge in [-0.1, -0.05) is 42.8 Å². The number of halogens is 1. The van der Waals surface area contributed by atoms with Gasteiger partial charge in [-0.05, 0) is 32.1 Å². The molecule has 2 bridgehead atoms. The summed E-state index contributed by atoms with van der Waals surface area (Å²) >= 11 is 3.53. The van der Waals surface area contributed by atoms with Crippen LogP contribution in [0.3, 0.4) is 0 Å². The quantitative estimate of drug-likeness (QED) is 0.379. The van der Waals surface area contributed by atoms with E-state index in [0.717, 1.165) is 0 Å². The molecule has 0 aromatic carbocycles. The van der Waals surface area contributed by atoms with Crippen LogP contribution in [-0.4, -0.2) is 85.6 Å². The molecule has 2 N–H and O–H groups in total. The largest absolute Gasteiger partial charge is 0.481 e. The summed E-state index contributed by atoms with van der Waals surface area (Å²) in [6.07, 6.45) is 2.05. The number of carboxylic acids is 1. The molecule has 0 aromatic rings. The number of carboxylic acid groups (broad SMARTS) is 1. The van der Waals surface area contributed by atoms with Crippen molar-refractivity contribution in [2.24, 2.45) is 17.3 Å². The number of hydrogen-bond donors (Lipinski definition) is 2. The molecule has 0 aromatic heterocycles. The maximum atomic E-state index is 14.2. The third-order valence-corrected chi connectivity index (χ3v) is 7.77. The van der Waals surface area contributed by atoms with Crippen LogP contribution >= 0.6 is 15.9 Å². The number of carbonyl (C=O) groups is 3. The van der Waals surface area contributed by atoms with E-state index in [-0.39, 0.29) is 35.8 Å². The summed E-state index contributed by atoms with van der Waals surface area (Å²) in [4.78, 5) is 42.5. The lowest BCUT2D eigenvalue weighted by Gasteiger charge is -2.45. The zero-order valence-corrected chi connectivity index (χ0v) is 21.1. The normalized spacial score (nSPS) is 34.0. The summed E-state index contributed by atoms with van der Waals surface area (Å²) in [5.74, 6) is -3.81. The van der Waals surface area contributed by atoms with Gasteiger partial charge in [0.05, 0.1) is 24.5 Å². The highest BCUT2D eigenvalue weighted by molar-refractivity contribution is 9.09. The highest BCUT2D eigenvalue weighted by Crippen LogP contribution is 2.60. The second kappa shape index (κ2) is 8.40. The van der Waals surface area contributed by atoms with Crippen LogP contribution in [0.5, 0.6) is 0 Å². The van der Waals surface area contributed by atoms with Gasteiger partial charge in [0.15, 0.2) is 0 Å². The Morgan fingerprint density at radius 3 is 2.47 bits per heavy atom. The molecule has 3 saturated heterocycles. The van der Waals surface area contributed by atoms with Crippen molar-refractivity contribution in [2.75, 3.05) is 19.7 Å². The Hall–Kier alpha value is -1.45. The topological polar surface area (TPSA) is 107 Å². The Morgan fingerprint density at radius 1 is 1.34 bits per heavy atom. The van der Waals surface area contributed by atoms with E-state index in [9.17, 15) is 24.6 Å². The molecule has 0 saturated carbocycles. The maximum Gasteiger partial charge on any atom is 0.310 e. The Labute approximate surface area is 198 Å². The summed E-state index contributed by atoms with van der Waals surface area (Å²) in [7, 11) is 0. The molecule has 3 unspecified atom stereocenters. The second-order valence-electron chi connectivity index (χ2n) is 11.0. The van der Waals surface area contributed by atoms with Gasteiger partial charge >= 0.3 is 5.97 Å². The van der Waals surface area contributed by atoms with Gasteiger partial charge in [0, 0.05) is 23.5 Å². The van der Waals surface area contributed by atoms with Crippen LogP contribution in [0.15, 0.2) is 12.7 Å². The molecule has 3 fully saturated rings. The summed E-state index contributed by atoms with van der Waals surface area (Å²) in [5, 5.41) is 19.5. The number of ether oxygens (including phenoxy) is 1. The van der Waals surface area contributed by atoms with Crippen molar-refractivity contribution < 1.29 is 29.3 Å². The van der Waals surface area contributed by atoms with Gasteiger partial charge in [-0.2, -0.15) is 0 Å². The van der Waals surface area contributed by atoms with Crippen LogP contribution in [0.1, 0.15) is 47.5 Å². The summed E-state index contributed by atoms with van der Waals surface area (Å²) in [6, 6.07) is -0.999. The van der Waals surface area contributed by atoms with E-state index in [1.54, 1.807) is 11.0 Å². The highest BCUT2D eigenvalue weighted by Gasteiger charge is 2.77. The Bertz CT molecular complexity index is 809. The van der Waals surface area contributed by atoms with Gasteiger partial charge < -0.3 is 24.7 Å². The Kier molecular flexibility index (Phi) is 6.61. The van der Waals surface area contributed by atoms with Crippen molar-refractivity contribution in [3.8, 4) is 0 Å². The van der Waals surface area contributed by atoms with E-state index in [0.29, 0.717) is 12.8 Å². The molecule has 3 rings (SSSR count). The Morgan fingerprint density at radius 2 is 1.97 bits per heavy atom. The number of hydrogen-bond acceptors (Lipinski definition) is 5. The predicted octanol–water partition coefficient (Wildman–Crippen LogP) is 2.04. The maximum absolute atomic E-state index is 14.2. The number of amides is 2. The zero-order valence-electron chi connectivity index (χ0n) is 19.5. The SMILES string of the molecule is C=CCN(C(=O)C1N(CCO)C(=O)[C@@H]2[C@@H](C(=O)O)[C@@H]3OC12CC3Br)C(C)(C)CC(C)(C)C. The predicted molar refractivity (Wildman–Crippen MR) is 122 cm³/mol. The lowest BCUT2D eigenvalue weighted by atomic mass is 9.70. The van der Waals surface area contributed by atoms with Crippen molar-refractivity contribution in [2.45, 2.75) is 75.6 Å². The molecular weight excluding hydrogens is 480 g/mol. The average Bonchev–Trinajstić information content (AvgIpc) is 3.21. The summed E-state index contributed by atoms with van der Waals surface area (Å²) in [5.41, 5.74) is -1.84. The van der Waals surface area contributed by atoms with Gasteiger partial charge in [-0.15, -0.1) is 6.58 Å². The lowest BCUT2D eigenvalue weighted by Crippen LogP contribution is -2.61. The van der Waals surface area contributed by atoms with Crippen LogP contribution in [0.2, 0.25) is 0 Å². The smallest absolute Gasteiger partial charge is 0.310 e. The standard InChI is InChI=1S/C23H35BrN2O6/c1-7-8-26(22(5,6)12-21(2,3)4)19(29)17-23-11-13(24)16(32-23)14(20(30)31)15(23)18(28)25(17)9-10-27/h7,13-17,27H,1,8-12H2,2-6H3,(H,30,31)/t13?,14-,15+,16-,17?,23?/m1/s1. The van der Waals surface area contributed by atoms with E-state index in [4.69, 9.17) is 4.74 Å². The number of β-amino-alcohol motifs (C(OH)–C–C–N with tert-alkyl or cyclic N) is 1. The van der Waals surface area contributed by atoms with Crippen LogP contribution in [0.25, 0.3) is 0 Å². The summed E-state index contributed by atoms with van der Waals surface area (Å²) < 4.78 is 6.25. The van der Waals surface area contributed by atoms with Crippen molar-refractivity contribution in [1.29, 1.82) is 0 Å². The van der Waals surface area contributed by atoms with Crippen molar-refractivity contribution in [3.05, 3.63) is 12.7 Å². The molecular formula is C23H35BrN2O6. The number of likely N-dealkylation sites (tertiary alicyclic amines) is 1. The number of aliphatic hydroxyl groups is 1. The fourth-order valence-electron chi connectivity index (χ4n) is 6.34. The molecule has 2 amide bonds. The average molecular weight is 515 g/mol. The van der Waals surface area contributed by atoms with Gasteiger partial charge in [0.25, 0.3) is 0 Å². The van der Waals surface area contributed by atoms with E-state index in [1.165, 1.54) is 4.90 Å². The van der Waals surface area contributed by atoms with Crippen molar-refractivity contribution in [3.63, 3.8) is 0 Å². The number of carbonyl (C=O) groups excluding carboxylic acids is 2. The van der Waals surface area contributed by atoms with E-state index < -0.39 is 47.0 Å². The fraction of sp³-hybridized carbons (Fsp3) is 0.783. The first kappa shape index (κ1) is 25.2. The minimum atomic E-state index is -1.23. The molecule has 8 nitrogen and oxygen atoms in total. The van der Waals surface area contributed by atoms with Gasteiger partial charge in [-0.25, -0.2) is 0 Å². The number of aliphatic carboxylic acids is 1. The first-order valence-corrected chi connectivity index (χ1v) is 12.0. The molecule has 180 valence electrons. The van der Waals surface area contributed by atoms with E-state index in [2.05, 4.69) is 43.3 Å². The van der Waals surface area contributed by atoms with Crippen molar-refractivity contribution in [1.82, 2.24) is 9.80 Å². The molecule has 0 aliphatic carbocycles. The molecule has 6 atom stereocenters. The molecule has 9 heteroatoms. The summed E-state index contributed by atoms with van der Waals surface area (Å²) in [6.45, 7) is 14.0. The third-order valence-electron chi connectivity index (χ3n) is 6.92. The minimum absolute atomic E-state index is 0.0531. The molecule has 32 heavy (non-hydrogen) atoms. The molecule has 3 heterocycles. The van der Waals surface area contributed by atoms with E-state index in [1.807, 2.05) is 13.8 Å². The number of nitrogens with zero attached hydrogens (tertiary/aromatic N) is 2. The monoisotopic (exact) mass is 514 g/mol. The van der Waals surface area contributed by atoms with E-state index >= 15 is 0 Å². The van der Waals surface area contributed by atoms with Crippen LogP contribution in [0, 0.1) is 17.3 Å². The molecule has 3 aliphatic rings. The van der Waals surface area contributed by atoms with Gasteiger partial charge in [0.2, 0.25) is 11.8 Å². The van der Waals surface area contributed by atoms with Gasteiger partial charge in [-0.3, -0.25) is 14.4 Å². The minimum Gasteiger partial charge on any atom is -0.481 e. The Balaban J connectivity index is 2.08. The lowest BCUT2D eigenvalue weighted by molar-refractivity contribution is -0.153. The molecule has 3 aliphatic heterocycles. The number of rotatable bonds is 8. The molecule has 0 radical (unpaired) electrons. The number of aliphatic hydroxyl groups excluding tert-OH is 1. The van der Waals surface area contributed by atoms with Crippen LogP contribution in [0.4, 0.5) is 0 Å². The first-order chi connectivity index (χ1) is 14.7. The van der Waals surface area contributed by atoms with Gasteiger partial charge in [0.1, 0.15) is 11.6 Å². The zero-order chi connectivity index (χ0) is 24.2. The number of fused-ring (bicyclic) bond motifs is 1. The number of alkyl halides is 1. The third kappa shape index (κ3) is 3.90. The molecule has 1 spiro atoms. The van der Waals surface area contributed by atoms with Crippen LogP contribution in [-0.2, 0) is 19.1 Å². The second-order valence-corrected chi connectivity index (χ2v) is 12.2. The van der Waals surface area contributed by atoms with Crippen LogP contribution < -0.4 is 0 Å². The highest BCUT2D eigenvalue weighted by atomic mass is 79.9. The fourth-order valence-corrected chi connectivity index (χ4v) is 7.29. The van der Waals surface area contributed by atoms with Crippen molar-refractivity contribution >= 4 is 33.7 Å².